The van der Waals surface area contributed by atoms with Gasteiger partial charge in [-0.25, -0.2) is 4.98 Å². The van der Waals surface area contributed by atoms with Gasteiger partial charge in [0.2, 0.25) is 5.88 Å². The molecule has 2 rings (SSSR count). The van der Waals surface area contributed by atoms with Crippen molar-refractivity contribution < 1.29 is 17.9 Å². The number of hydrogen-bond acceptors (Lipinski definition) is 3. The molecule has 18 heavy (non-hydrogen) atoms. The van der Waals surface area contributed by atoms with E-state index in [1.165, 1.54) is 6.07 Å². The van der Waals surface area contributed by atoms with E-state index in [0.29, 0.717) is 12.5 Å². The van der Waals surface area contributed by atoms with Gasteiger partial charge >= 0.3 is 6.18 Å². The van der Waals surface area contributed by atoms with E-state index >= 15 is 0 Å². The highest BCUT2D eigenvalue weighted by Crippen LogP contribution is 2.29. The van der Waals surface area contributed by atoms with Crippen LogP contribution < -0.4 is 10.1 Å². The number of hydrogen-bond donors (Lipinski definition) is 1. The van der Waals surface area contributed by atoms with Crippen LogP contribution in [-0.4, -0.2) is 24.7 Å². The topological polar surface area (TPSA) is 34.1 Å². The fraction of sp³-hybridized carbons (Fsp3) is 0.583. The molecule has 1 aliphatic heterocycles. The van der Waals surface area contributed by atoms with E-state index in [1.807, 2.05) is 0 Å². The molecule has 1 atom stereocenters. The van der Waals surface area contributed by atoms with Crippen molar-refractivity contribution in [2.75, 3.05) is 19.7 Å². The minimum atomic E-state index is -4.35. The predicted molar refractivity (Wildman–Crippen MR) is 60.3 cm³/mol. The summed E-state index contributed by atoms with van der Waals surface area (Å²) in [4.78, 5) is 3.65. The first-order valence-corrected chi connectivity index (χ1v) is 5.92. The third kappa shape index (κ3) is 3.60. The average Bonchev–Trinajstić information content (AvgIpc) is 2.82. The first-order valence-electron chi connectivity index (χ1n) is 5.92. The van der Waals surface area contributed by atoms with Gasteiger partial charge in [-0.2, -0.15) is 13.2 Å². The molecular formula is C12H15F3N2O. The Morgan fingerprint density at radius 3 is 2.78 bits per heavy atom. The van der Waals surface area contributed by atoms with Gasteiger partial charge in [-0.05, 0) is 37.9 Å². The molecule has 0 aromatic carbocycles. The average molecular weight is 260 g/mol. The van der Waals surface area contributed by atoms with Crippen molar-refractivity contribution in [2.45, 2.75) is 19.0 Å². The van der Waals surface area contributed by atoms with Gasteiger partial charge < -0.3 is 10.1 Å². The normalized spacial score (nSPS) is 20.1. The van der Waals surface area contributed by atoms with Gasteiger partial charge in [-0.15, -0.1) is 0 Å². The van der Waals surface area contributed by atoms with E-state index in [-0.39, 0.29) is 5.88 Å². The highest BCUT2D eigenvalue weighted by Gasteiger charge is 2.30. The molecule has 0 radical (unpaired) electrons. The van der Waals surface area contributed by atoms with Crippen molar-refractivity contribution in [3.63, 3.8) is 0 Å². The lowest BCUT2D eigenvalue weighted by atomic mass is 10.1. The van der Waals surface area contributed by atoms with Crippen molar-refractivity contribution in [3.05, 3.63) is 23.9 Å². The highest BCUT2D eigenvalue weighted by molar-refractivity contribution is 5.20. The fourth-order valence-electron chi connectivity index (χ4n) is 1.92. The van der Waals surface area contributed by atoms with Crippen molar-refractivity contribution >= 4 is 0 Å². The molecular weight excluding hydrogens is 245 g/mol. The van der Waals surface area contributed by atoms with Crippen LogP contribution in [0.25, 0.3) is 0 Å². The van der Waals surface area contributed by atoms with Crippen molar-refractivity contribution in [1.82, 2.24) is 10.3 Å². The predicted octanol–water partition coefficient (Wildman–Crippen LogP) is 2.48. The molecule has 0 bridgehead atoms. The second-order valence-electron chi connectivity index (χ2n) is 4.38. The summed E-state index contributed by atoms with van der Waals surface area (Å²) in [6.45, 7) is 2.51. The lowest BCUT2D eigenvalue weighted by molar-refractivity contribution is -0.137. The van der Waals surface area contributed by atoms with Crippen LogP contribution in [0.1, 0.15) is 18.4 Å². The first-order chi connectivity index (χ1) is 8.55. The van der Waals surface area contributed by atoms with Gasteiger partial charge in [0.15, 0.2) is 0 Å². The van der Waals surface area contributed by atoms with Crippen molar-refractivity contribution in [2.24, 2.45) is 5.92 Å². The molecule has 0 spiro atoms. The van der Waals surface area contributed by atoms with Crippen LogP contribution in [0.3, 0.4) is 0 Å². The summed E-state index contributed by atoms with van der Waals surface area (Å²) in [6.07, 6.45) is -1.52. The SMILES string of the molecule is FC(F)(F)c1ccc(OCCC2CCNC2)nc1. The van der Waals surface area contributed by atoms with Gasteiger partial charge in [0.1, 0.15) is 0 Å². The summed E-state index contributed by atoms with van der Waals surface area (Å²) in [6, 6.07) is 2.25. The van der Waals surface area contributed by atoms with Gasteiger partial charge in [-0.1, -0.05) is 0 Å². The standard InChI is InChI=1S/C12H15F3N2O/c13-12(14,15)10-1-2-11(17-8-10)18-6-4-9-3-5-16-7-9/h1-2,8-9,16H,3-7H2. The number of halogens is 3. The van der Waals surface area contributed by atoms with Crippen LogP contribution >= 0.6 is 0 Å². The Morgan fingerprint density at radius 1 is 1.39 bits per heavy atom. The summed E-state index contributed by atoms with van der Waals surface area (Å²) in [5, 5.41) is 3.25. The second-order valence-corrected chi connectivity index (χ2v) is 4.38. The Hall–Kier alpha value is -1.30. The largest absolute Gasteiger partial charge is 0.478 e. The Kier molecular flexibility index (Phi) is 4.06. The Bertz CT molecular complexity index is 372. The van der Waals surface area contributed by atoms with E-state index in [9.17, 15) is 13.2 Å². The maximum atomic E-state index is 12.3. The van der Waals surface area contributed by atoms with E-state index in [2.05, 4.69) is 10.3 Å². The molecule has 1 unspecified atom stereocenters. The molecule has 1 saturated heterocycles. The van der Waals surface area contributed by atoms with Crippen LogP contribution in [0.2, 0.25) is 0 Å². The summed E-state index contributed by atoms with van der Waals surface area (Å²) in [5.74, 6) is 0.841. The summed E-state index contributed by atoms with van der Waals surface area (Å²) >= 11 is 0. The third-order valence-electron chi connectivity index (χ3n) is 3.00. The van der Waals surface area contributed by atoms with Crippen molar-refractivity contribution in [3.8, 4) is 5.88 Å². The first kappa shape index (κ1) is 13.1. The molecule has 0 amide bonds. The lowest BCUT2D eigenvalue weighted by Gasteiger charge is -2.10. The maximum Gasteiger partial charge on any atom is 0.417 e. The zero-order valence-electron chi connectivity index (χ0n) is 9.83. The number of nitrogens with zero attached hydrogens (tertiary/aromatic N) is 1. The van der Waals surface area contributed by atoms with Gasteiger partial charge in [0, 0.05) is 12.3 Å². The Labute approximate surface area is 103 Å². The smallest absolute Gasteiger partial charge is 0.417 e. The fourth-order valence-corrected chi connectivity index (χ4v) is 1.92. The van der Waals surface area contributed by atoms with Crippen LogP contribution in [0.5, 0.6) is 5.88 Å². The minimum absolute atomic E-state index is 0.244. The van der Waals surface area contributed by atoms with Gasteiger partial charge in [0.25, 0.3) is 0 Å². The summed E-state index contributed by atoms with van der Waals surface area (Å²) in [5.41, 5.74) is -0.755. The molecule has 0 saturated carbocycles. The van der Waals surface area contributed by atoms with Crippen LogP contribution in [0.15, 0.2) is 18.3 Å². The number of alkyl halides is 3. The van der Waals surface area contributed by atoms with E-state index in [0.717, 1.165) is 38.2 Å². The second kappa shape index (κ2) is 5.56. The van der Waals surface area contributed by atoms with E-state index < -0.39 is 11.7 Å². The molecule has 0 aliphatic carbocycles. The Balaban J connectivity index is 1.79. The third-order valence-corrected chi connectivity index (χ3v) is 3.00. The zero-order chi connectivity index (χ0) is 13.0. The van der Waals surface area contributed by atoms with Gasteiger partial charge in [0.05, 0.1) is 12.2 Å². The number of ether oxygens (including phenoxy) is 1. The Morgan fingerprint density at radius 2 is 2.22 bits per heavy atom. The van der Waals surface area contributed by atoms with Crippen molar-refractivity contribution in [1.29, 1.82) is 0 Å². The number of pyridine rings is 1. The van der Waals surface area contributed by atoms with E-state index in [4.69, 9.17) is 4.74 Å². The van der Waals surface area contributed by atoms with E-state index in [1.54, 1.807) is 0 Å². The molecule has 3 nitrogen and oxygen atoms in total. The molecule has 1 aliphatic rings. The molecule has 1 N–H and O–H groups in total. The number of aromatic nitrogens is 1. The molecule has 1 aromatic heterocycles. The van der Waals surface area contributed by atoms with Crippen LogP contribution in [0, 0.1) is 5.92 Å². The molecule has 2 heterocycles. The monoisotopic (exact) mass is 260 g/mol. The molecule has 100 valence electrons. The lowest BCUT2D eigenvalue weighted by Crippen LogP contribution is -2.12. The summed E-state index contributed by atoms with van der Waals surface area (Å²) < 4.78 is 42.2. The minimum Gasteiger partial charge on any atom is -0.478 e. The van der Waals surface area contributed by atoms with Gasteiger partial charge in [-0.3, -0.25) is 0 Å². The van der Waals surface area contributed by atoms with Crippen LogP contribution in [-0.2, 0) is 6.18 Å². The molecule has 1 fully saturated rings. The molecule has 6 heteroatoms. The highest BCUT2D eigenvalue weighted by atomic mass is 19.4. The quantitative estimate of drug-likeness (QED) is 0.903. The maximum absolute atomic E-state index is 12.3. The molecule has 1 aromatic rings. The summed E-state index contributed by atoms with van der Waals surface area (Å²) in [7, 11) is 0. The number of rotatable bonds is 4. The number of nitrogens with one attached hydrogen (secondary N) is 1. The zero-order valence-corrected chi connectivity index (χ0v) is 9.83. The van der Waals surface area contributed by atoms with Crippen LogP contribution in [0.4, 0.5) is 13.2 Å².